The molecule has 3 N–H and O–H groups in total. The number of rotatable bonds is 41. The van der Waals surface area contributed by atoms with Crippen molar-refractivity contribution >= 4 is 13.7 Å². The van der Waals surface area contributed by atoms with Gasteiger partial charge in [0.25, 0.3) is 0 Å². The number of carbonyl (C=O) groups excluding carboxylic acids is 1. The Bertz CT molecular complexity index is 938. The average molecular weight is 786 g/mol. The number of phosphoric ester groups is 1. The zero-order valence-corrected chi connectivity index (χ0v) is 37.1. The first kappa shape index (κ1) is 53.0. The summed E-state index contributed by atoms with van der Waals surface area (Å²) in [5.41, 5.74) is 0. The van der Waals surface area contributed by atoms with Crippen LogP contribution in [-0.4, -0.2) is 73.4 Å². The van der Waals surface area contributed by atoms with Gasteiger partial charge in [0.15, 0.2) is 0 Å². The minimum absolute atomic E-state index is 0.0617. The van der Waals surface area contributed by atoms with E-state index in [4.69, 9.17) is 9.05 Å². The SMILES string of the molecule is CCC/C=C\CCCCCCCC/C=C/[C@@H](O)[C@H](COP(=O)(O)OCC[N+](C)(C)C)NC(=O)CCCCCCCCCCCCCCCCCCCCC. The van der Waals surface area contributed by atoms with Crippen molar-refractivity contribution in [2.24, 2.45) is 0 Å². The summed E-state index contributed by atoms with van der Waals surface area (Å²) in [5.74, 6) is -0.178. The highest BCUT2D eigenvalue weighted by molar-refractivity contribution is 7.47. The van der Waals surface area contributed by atoms with Crippen LogP contribution in [-0.2, 0) is 18.4 Å². The Kier molecular flexibility index (Phi) is 36.8. The van der Waals surface area contributed by atoms with Crippen molar-refractivity contribution in [3.8, 4) is 0 Å². The number of aliphatic hydroxyl groups is 1. The molecule has 0 heterocycles. The van der Waals surface area contributed by atoms with Gasteiger partial charge in [0, 0.05) is 6.42 Å². The van der Waals surface area contributed by atoms with Crippen molar-refractivity contribution in [3.63, 3.8) is 0 Å². The summed E-state index contributed by atoms with van der Waals surface area (Å²) in [6.07, 6.45) is 43.9. The second kappa shape index (κ2) is 37.6. The number of likely N-dealkylation sites (N-methyl/N-ethyl adjacent to an activating group) is 1. The van der Waals surface area contributed by atoms with Crippen LogP contribution in [0.2, 0.25) is 0 Å². The summed E-state index contributed by atoms with van der Waals surface area (Å²) >= 11 is 0. The number of nitrogens with zero attached hydrogens (tertiary/aromatic N) is 1. The Morgan fingerprint density at radius 2 is 1.04 bits per heavy atom. The fraction of sp³-hybridized carbons (Fsp3) is 0.889. The minimum Gasteiger partial charge on any atom is -0.387 e. The summed E-state index contributed by atoms with van der Waals surface area (Å²) in [6, 6.07) is -0.845. The second-order valence-electron chi connectivity index (χ2n) is 16.8. The molecule has 1 unspecified atom stereocenters. The molecular weight excluding hydrogens is 695 g/mol. The van der Waals surface area contributed by atoms with E-state index in [-0.39, 0.29) is 19.1 Å². The normalized spacial score (nSPS) is 14.6. The topological polar surface area (TPSA) is 105 Å². The van der Waals surface area contributed by atoms with E-state index in [1.54, 1.807) is 6.08 Å². The van der Waals surface area contributed by atoms with Gasteiger partial charge in [-0.2, -0.15) is 0 Å². The summed E-state index contributed by atoms with van der Waals surface area (Å²) in [4.78, 5) is 23.1. The van der Waals surface area contributed by atoms with Crippen LogP contribution in [0.5, 0.6) is 0 Å². The smallest absolute Gasteiger partial charge is 0.387 e. The Morgan fingerprint density at radius 1 is 0.611 bits per heavy atom. The number of hydrogen-bond donors (Lipinski definition) is 3. The lowest BCUT2D eigenvalue weighted by atomic mass is 10.0. The van der Waals surface area contributed by atoms with Crippen LogP contribution >= 0.6 is 7.82 Å². The van der Waals surface area contributed by atoms with E-state index in [0.29, 0.717) is 17.4 Å². The molecule has 0 rings (SSSR count). The van der Waals surface area contributed by atoms with Gasteiger partial charge in [-0.25, -0.2) is 4.57 Å². The van der Waals surface area contributed by atoms with Gasteiger partial charge in [-0.15, -0.1) is 0 Å². The first-order valence-corrected chi connectivity index (χ1v) is 24.2. The fourth-order valence-corrected chi connectivity index (χ4v) is 7.25. The molecule has 0 aliphatic heterocycles. The highest BCUT2D eigenvalue weighted by Crippen LogP contribution is 2.43. The molecule has 9 heteroatoms. The van der Waals surface area contributed by atoms with E-state index in [9.17, 15) is 19.4 Å². The molecular formula is C45H90N2O6P+. The summed E-state index contributed by atoms with van der Waals surface area (Å²) in [6.45, 7) is 4.77. The monoisotopic (exact) mass is 786 g/mol. The van der Waals surface area contributed by atoms with Gasteiger partial charge in [-0.05, 0) is 38.5 Å². The number of carbonyl (C=O) groups is 1. The highest BCUT2D eigenvalue weighted by Gasteiger charge is 2.27. The van der Waals surface area contributed by atoms with Gasteiger partial charge in [0.05, 0.1) is 39.9 Å². The largest absolute Gasteiger partial charge is 0.472 e. The highest BCUT2D eigenvalue weighted by atomic mass is 31.2. The van der Waals surface area contributed by atoms with Crippen molar-refractivity contribution in [1.82, 2.24) is 5.32 Å². The Balaban J connectivity index is 4.34. The molecule has 0 fully saturated rings. The molecule has 0 aliphatic rings. The number of unbranched alkanes of at least 4 members (excludes halogenated alkanes) is 26. The maximum absolute atomic E-state index is 12.9. The molecule has 0 saturated carbocycles. The maximum Gasteiger partial charge on any atom is 0.472 e. The first-order chi connectivity index (χ1) is 26.0. The number of aliphatic hydroxyl groups excluding tert-OH is 1. The molecule has 0 aromatic heterocycles. The van der Waals surface area contributed by atoms with E-state index < -0.39 is 20.0 Å². The van der Waals surface area contributed by atoms with Gasteiger partial charge in [0.2, 0.25) is 5.91 Å². The van der Waals surface area contributed by atoms with Crippen LogP contribution in [0.4, 0.5) is 0 Å². The van der Waals surface area contributed by atoms with Crippen LogP contribution in [0.3, 0.4) is 0 Å². The van der Waals surface area contributed by atoms with E-state index >= 15 is 0 Å². The van der Waals surface area contributed by atoms with Gasteiger partial charge in [-0.1, -0.05) is 186 Å². The molecule has 0 bridgehead atoms. The quantitative estimate of drug-likeness (QED) is 0.0247. The number of nitrogens with one attached hydrogen (secondary N) is 1. The van der Waals surface area contributed by atoms with E-state index in [0.717, 1.165) is 38.5 Å². The maximum atomic E-state index is 12.9. The van der Waals surface area contributed by atoms with Crippen molar-refractivity contribution in [3.05, 3.63) is 24.3 Å². The van der Waals surface area contributed by atoms with Gasteiger partial charge in [-0.3, -0.25) is 13.8 Å². The Morgan fingerprint density at radius 3 is 1.50 bits per heavy atom. The second-order valence-corrected chi connectivity index (χ2v) is 18.2. The number of amides is 1. The number of phosphoric acid groups is 1. The predicted octanol–water partition coefficient (Wildman–Crippen LogP) is 12.5. The van der Waals surface area contributed by atoms with Crippen LogP contribution in [0.15, 0.2) is 24.3 Å². The molecule has 8 nitrogen and oxygen atoms in total. The minimum atomic E-state index is -4.33. The third-order valence-electron chi connectivity index (χ3n) is 10.1. The zero-order chi connectivity index (χ0) is 40.0. The molecule has 3 atom stereocenters. The molecule has 0 spiro atoms. The summed E-state index contributed by atoms with van der Waals surface area (Å²) < 4.78 is 23.5. The molecule has 320 valence electrons. The van der Waals surface area contributed by atoms with Crippen molar-refractivity contribution < 1.29 is 32.9 Å². The number of hydrogen-bond acceptors (Lipinski definition) is 5. The van der Waals surface area contributed by atoms with E-state index in [1.807, 2.05) is 27.2 Å². The molecule has 0 aromatic rings. The number of quaternary nitrogens is 1. The third kappa shape index (κ3) is 39.2. The fourth-order valence-electron chi connectivity index (χ4n) is 6.51. The number of allylic oxidation sites excluding steroid dienone is 3. The van der Waals surface area contributed by atoms with Crippen molar-refractivity contribution in [2.75, 3.05) is 40.9 Å². The summed E-state index contributed by atoms with van der Waals surface area (Å²) in [7, 11) is 1.57. The van der Waals surface area contributed by atoms with Gasteiger partial charge < -0.3 is 19.8 Å². The lowest BCUT2D eigenvalue weighted by Gasteiger charge is -2.25. The lowest BCUT2D eigenvalue weighted by Crippen LogP contribution is -2.45. The van der Waals surface area contributed by atoms with Gasteiger partial charge in [0.1, 0.15) is 13.2 Å². The Hall–Kier alpha value is -1.02. The molecule has 0 aliphatic carbocycles. The molecule has 54 heavy (non-hydrogen) atoms. The Labute approximate surface area is 334 Å². The van der Waals surface area contributed by atoms with Crippen LogP contribution < -0.4 is 5.32 Å². The lowest BCUT2D eigenvalue weighted by molar-refractivity contribution is -0.870. The summed E-state index contributed by atoms with van der Waals surface area (Å²) in [5, 5.41) is 13.8. The van der Waals surface area contributed by atoms with E-state index in [1.165, 1.54) is 148 Å². The van der Waals surface area contributed by atoms with Gasteiger partial charge >= 0.3 is 7.82 Å². The van der Waals surface area contributed by atoms with Crippen LogP contribution in [0, 0.1) is 0 Å². The van der Waals surface area contributed by atoms with Crippen molar-refractivity contribution in [1.29, 1.82) is 0 Å². The molecule has 0 aromatic carbocycles. The first-order valence-electron chi connectivity index (χ1n) is 22.7. The van der Waals surface area contributed by atoms with Crippen LogP contribution in [0.25, 0.3) is 0 Å². The van der Waals surface area contributed by atoms with Crippen molar-refractivity contribution in [2.45, 2.75) is 219 Å². The van der Waals surface area contributed by atoms with Crippen LogP contribution in [0.1, 0.15) is 206 Å². The predicted molar refractivity (Wildman–Crippen MR) is 231 cm³/mol. The third-order valence-corrected chi connectivity index (χ3v) is 11.1. The standard InChI is InChI=1S/C45H89N2O6P/c1-6-8-10-12-14-16-18-20-21-22-23-24-25-27-29-31-33-35-37-39-45(49)46-43(42-53-54(50,51)52-41-40-47(3,4)5)44(48)38-36-34-32-30-28-26-19-17-15-13-11-9-7-2/h11,13,36,38,43-44,48H,6-10,12,14-35,37,39-42H2,1-5H3,(H-,46,49,50,51)/p+1/b13-11-,38-36+/t43-,44+/m0/s1. The average Bonchev–Trinajstić information content (AvgIpc) is 3.12. The molecule has 0 radical (unpaired) electrons. The van der Waals surface area contributed by atoms with E-state index in [2.05, 4.69) is 31.3 Å². The molecule has 1 amide bonds. The molecule has 0 saturated heterocycles. The zero-order valence-electron chi connectivity index (χ0n) is 36.2.